The zero-order valence-electron chi connectivity index (χ0n) is 18.4. The Balaban J connectivity index is 1.79. The van der Waals surface area contributed by atoms with Crippen molar-refractivity contribution in [1.29, 1.82) is 0 Å². The van der Waals surface area contributed by atoms with Crippen LogP contribution in [0.1, 0.15) is 34.8 Å². The Bertz CT molecular complexity index is 1700. The largest absolute Gasteiger partial charge is 0.469 e. The quantitative estimate of drug-likeness (QED) is 0.404. The molecule has 8 nitrogen and oxygen atoms in total. The van der Waals surface area contributed by atoms with Gasteiger partial charge in [0.05, 0.1) is 47.8 Å². The third-order valence-corrected chi connectivity index (χ3v) is 7.17. The SMILES string of the molecule is COC(=O)CC1OC(CO)n2c3ccccc3c3c4c(c5c6ccccc6n1c5c32)C(=O)NC4. The van der Waals surface area contributed by atoms with Crippen molar-refractivity contribution in [3.8, 4) is 0 Å². The van der Waals surface area contributed by atoms with Crippen molar-refractivity contribution in [3.05, 3.63) is 59.7 Å². The summed E-state index contributed by atoms with van der Waals surface area (Å²) in [5.74, 6) is -0.524. The molecule has 0 saturated heterocycles. The zero-order chi connectivity index (χ0) is 23.1. The van der Waals surface area contributed by atoms with Gasteiger partial charge in [0.15, 0.2) is 6.23 Å². The van der Waals surface area contributed by atoms with Crippen molar-refractivity contribution in [2.75, 3.05) is 13.7 Å². The summed E-state index contributed by atoms with van der Waals surface area (Å²) >= 11 is 0. The van der Waals surface area contributed by atoms with Gasteiger partial charge in [0.25, 0.3) is 5.91 Å². The summed E-state index contributed by atoms with van der Waals surface area (Å²) in [6.45, 7) is 0.161. The highest BCUT2D eigenvalue weighted by molar-refractivity contribution is 6.30. The fourth-order valence-electron chi connectivity index (χ4n) is 5.90. The molecule has 2 atom stereocenters. The minimum Gasteiger partial charge on any atom is -0.469 e. The molecule has 2 N–H and O–H groups in total. The van der Waals surface area contributed by atoms with Crippen LogP contribution in [-0.4, -0.2) is 39.8 Å². The number of para-hydroxylation sites is 2. The normalized spacial score (nSPS) is 19.3. The average molecular weight is 455 g/mol. The molecule has 0 aliphatic carbocycles. The number of carbonyl (C=O) groups excluding carboxylic acids is 2. The summed E-state index contributed by atoms with van der Waals surface area (Å²) in [5, 5.41) is 17.2. The van der Waals surface area contributed by atoms with E-state index in [9.17, 15) is 14.7 Å². The van der Waals surface area contributed by atoms with Gasteiger partial charge in [0.2, 0.25) is 0 Å². The Morgan fingerprint density at radius 1 is 1.03 bits per heavy atom. The Morgan fingerprint density at radius 2 is 1.65 bits per heavy atom. The van der Waals surface area contributed by atoms with Gasteiger partial charge in [-0.05, 0) is 17.7 Å². The van der Waals surface area contributed by atoms with Crippen LogP contribution in [0.25, 0.3) is 43.6 Å². The lowest BCUT2D eigenvalue weighted by Gasteiger charge is -2.24. The van der Waals surface area contributed by atoms with E-state index in [1.165, 1.54) is 7.11 Å². The molecule has 0 fully saturated rings. The maximum atomic E-state index is 13.2. The minimum atomic E-state index is -0.726. The first-order valence-electron chi connectivity index (χ1n) is 11.3. The maximum absolute atomic E-state index is 13.2. The number of aromatic nitrogens is 2. The number of fused-ring (bicyclic) bond motifs is 9. The van der Waals surface area contributed by atoms with E-state index in [0.29, 0.717) is 12.1 Å². The molecule has 34 heavy (non-hydrogen) atoms. The van der Waals surface area contributed by atoms with Gasteiger partial charge >= 0.3 is 5.97 Å². The van der Waals surface area contributed by atoms with E-state index < -0.39 is 18.4 Å². The van der Waals surface area contributed by atoms with E-state index in [2.05, 4.69) is 5.32 Å². The van der Waals surface area contributed by atoms with Crippen LogP contribution in [0.4, 0.5) is 0 Å². The number of aliphatic hydroxyl groups is 1. The van der Waals surface area contributed by atoms with E-state index >= 15 is 0 Å². The molecule has 0 spiro atoms. The molecular weight excluding hydrogens is 434 g/mol. The molecule has 0 saturated carbocycles. The van der Waals surface area contributed by atoms with Crippen LogP contribution in [0, 0.1) is 0 Å². The third kappa shape index (κ3) is 2.29. The van der Waals surface area contributed by atoms with E-state index in [1.54, 1.807) is 0 Å². The molecule has 2 aliphatic rings. The summed E-state index contributed by atoms with van der Waals surface area (Å²) in [5.41, 5.74) is 5.10. The van der Waals surface area contributed by atoms with E-state index in [1.807, 2.05) is 57.7 Å². The molecule has 2 aliphatic heterocycles. The molecular formula is C26H21N3O5. The fourth-order valence-corrected chi connectivity index (χ4v) is 5.90. The molecule has 8 heteroatoms. The Morgan fingerprint density at radius 3 is 2.32 bits per heavy atom. The number of nitrogens with zero attached hydrogens (tertiary/aromatic N) is 2. The lowest BCUT2D eigenvalue weighted by Crippen LogP contribution is -2.22. The van der Waals surface area contributed by atoms with Crippen LogP contribution < -0.4 is 5.32 Å². The summed E-state index contributed by atoms with van der Waals surface area (Å²) in [4.78, 5) is 25.6. The Hall–Kier alpha value is -3.88. The third-order valence-electron chi connectivity index (χ3n) is 7.17. The zero-order valence-corrected chi connectivity index (χ0v) is 18.4. The Kier molecular flexibility index (Phi) is 3.92. The number of hydrogen-bond acceptors (Lipinski definition) is 5. The highest BCUT2D eigenvalue weighted by Gasteiger charge is 2.37. The number of benzene rings is 3. The molecule has 5 aromatic rings. The summed E-state index contributed by atoms with van der Waals surface area (Å²) < 4.78 is 15.5. The van der Waals surface area contributed by atoms with Gasteiger partial charge in [0.1, 0.15) is 6.23 Å². The number of nitrogens with one attached hydrogen (secondary N) is 1. The highest BCUT2D eigenvalue weighted by Crippen LogP contribution is 2.49. The molecule has 4 heterocycles. The van der Waals surface area contributed by atoms with Crippen molar-refractivity contribution in [2.45, 2.75) is 25.4 Å². The predicted molar refractivity (Wildman–Crippen MR) is 126 cm³/mol. The lowest BCUT2D eigenvalue weighted by atomic mass is 9.97. The second-order valence-electron chi connectivity index (χ2n) is 8.77. The summed E-state index contributed by atoms with van der Waals surface area (Å²) in [6.07, 6.45) is -1.48. The maximum Gasteiger partial charge on any atom is 0.310 e. The smallest absolute Gasteiger partial charge is 0.310 e. The van der Waals surface area contributed by atoms with Crippen LogP contribution in [-0.2, 0) is 20.8 Å². The van der Waals surface area contributed by atoms with Gasteiger partial charge in [-0.2, -0.15) is 0 Å². The fraction of sp³-hybridized carbons (Fsp3) is 0.231. The first kappa shape index (κ1) is 19.6. The van der Waals surface area contributed by atoms with Gasteiger partial charge in [-0.15, -0.1) is 0 Å². The lowest BCUT2D eigenvalue weighted by molar-refractivity contribution is -0.152. The summed E-state index contributed by atoms with van der Waals surface area (Å²) in [6, 6.07) is 15.8. The van der Waals surface area contributed by atoms with E-state index in [0.717, 1.165) is 49.2 Å². The van der Waals surface area contributed by atoms with Gasteiger partial charge in [0, 0.05) is 28.1 Å². The molecule has 3 aromatic carbocycles. The molecule has 0 radical (unpaired) electrons. The van der Waals surface area contributed by atoms with Crippen molar-refractivity contribution < 1.29 is 24.2 Å². The molecule has 0 bridgehead atoms. The molecule has 2 unspecified atom stereocenters. The minimum absolute atomic E-state index is 0.0334. The van der Waals surface area contributed by atoms with Gasteiger partial charge in [-0.1, -0.05) is 36.4 Å². The number of ether oxygens (including phenoxy) is 2. The van der Waals surface area contributed by atoms with Crippen molar-refractivity contribution in [2.24, 2.45) is 0 Å². The second kappa shape index (κ2) is 6.82. The number of esters is 1. The first-order chi connectivity index (χ1) is 16.6. The van der Waals surface area contributed by atoms with Crippen LogP contribution in [0.15, 0.2) is 48.5 Å². The molecule has 2 aromatic heterocycles. The number of rotatable bonds is 3. The van der Waals surface area contributed by atoms with Crippen LogP contribution in [0.3, 0.4) is 0 Å². The topological polar surface area (TPSA) is 94.7 Å². The van der Waals surface area contributed by atoms with Crippen molar-refractivity contribution in [3.63, 3.8) is 0 Å². The Labute approximate surface area is 193 Å². The number of hydrogen-bond donors (Lipinski definition) is 2. The number of aliphatic hydroxyl groups excluding tert-OH is 1. The number of methoxy groups -OCH3 is 1. The molecule has 1 amide bonds. The average Bonchev–Trinajstić information content (AvgIpc) is 3.48. The van der Waals surface area contributed by atoms with Gasteiger partial charge in [-0.25, -0.2) is 0 Å². The predicted octanol–water partition coefficient (Wildman–Crippen LogP) is 3.73. The molecule has 7 rings (SSSR count). The van der Waals surface area contributed by atoms with Crippen LogP contribution in [0.2, 0.25) is 0 Å². The van der Waals surface area contributed by atoms with Gasteiger partial charge in [-0.3, -0.25) is 9.59 Å². The summed E-state index contributed by atoms with van der Waals surface area (Å²) in [7, 11) is 1.35. The number of amides is 1. The van der Waals surface area contributed by atoms with Crippen molar-refractivity contribution in [1.82, 2.24) is 14.5 Å². The van der Waals surface area contributed by atoms with E-state index in [4.69, 9.17) is 9.47 Å². The highest BCUT2D eigenvalue weighted by atomic mass is 16.5. The first-order valence-corrected chi connectivity index (χ1v) is 11.3. The van der Waals surface area contributed by atoms with Gasteiger partial charge < -0.3 is 29.0 Å². The van der Waals surface area contributed by atoms with Crippen LogP contribution >= 0.6 is 0 Å². The van der Waals surface area contributed by atoms with Crippen LogP contribution in [0.5, 0.6) is 0 Å². The standard InChI is InChI=1S/C26H21N3O5/c1-33-20(31)10-18-28-17-9-5-3-7-14(17)22-23-15(11-27-26(23)32)21-13-6-2-4-8-16(13)29(19(12-30)34-18)24(21)25(22)28/h2-9,18-19,30H,10-12H2,1H3,(H,27,32). The van der Waals surface area contributed by atoms with Crippen molar-refractivity contribution >= 4 is 55.5 Å². The monoisotopic (exact) mass is 455 g/mol. The van der Waals surface area contributed by atoms with E-state index in [-0.39, 0.29) is 18.9 Å². The second-order valence-corrected chi connectivity index (χ2v) is 8.77. The number of carbonyl (C=O) groups is 2. The molecule has 170 valence electrons.